The van der Waals surface area contributed by atoms with E-state index in [0.717, 1.165) is 34.1 Å². The molecule has 1 aromatic heterocycles. The maximum absolute atomic E-state index is 12.9. The highest BCUT2D eigenvalue weighted by Gasteiger charge is 2.34. The number of sulfone groups is 1. The summed E-state index contributed by atoms with van der Waals surface area (Å²) in [5.74, 6) is 0.242. The topological polar surface area (TPSA) is 67.6 Å². The van der Waals surface area contributed by atoms with Crippen molar-refractivity contribution in [1.29, 1.82) is 0 Å². The molecule has 0 unspecified atom stereocenters. The summed E-state index contributed by atoms with van der Waals surface area (Å²) in [5.41, 5.74) is 3.94. The lowest BCUT2D eigenvalue weighted by molar-refractivity contribution is -0.132. The number of nitrogens with zero attached hydrogens (tertiary/aromatic N) is 1. The van der Waals surface area contributed by atoms with Crippen LogP contribution in [0.25, 0.3) is 11.0 Å². The Morgan fingerprint density at radius 2 is 2.08 bits per heavy atom. The van der Waals surface area contributed by atoms with Gasteiger partial charge in [-0.1, -0.05) is 19.1 Å². The Hall–Kier alpha value is -1.82. The van der Waals surface area contributed by atoms with Crippen LogP contribution in [0.5, 0.6) is 0 Å². The maximum Gasteiger partial charge on any atom is 0.227 e. The zero-order valence-electron chi connectivity index (χ0n) is 15.0. The smallest absolute Gasteiger partial charge is 0.227 e. The number of rotatable bonds is 5. The molecule has 0 saturated carbocycles. The molecule has 0 aliphatic carbocycles. The van der Waals surface area contributed by atoms with E-state index in [-0.39, 0.29) is 29.9 Å². The third kappa shape index (κ3) is 3.59. The van der Waals surface area contributed by atoms with Crippen molar-refractivity contribution >= 4 is 26.7 Å². The number of carbonyl (C=O) groups excluding carboxylic acids is 1. The van der Waals surface area contributed by atoms with Crippen LogP contribution < -0.4 is 0 Å². The predicted octanol–water partition coefficient (Wildman–Crippen LogP) is 3.02. The summed E-state index contributed by atoms with van der Waals surface area (Å²) in [6, 6.07) is 3.84. The maximum atomic E-state index is 12.9. The van der Waals surface area contributed by atoms with Gasteiger partial charge in [-0.2, -0.15) is 0 Å². The van der Waals surface area contributed by atoms with E-state index in [4.69, 9.17) is 4.42 Å². The zero-order chi connectivity index (χ0) is 18.2. The van der Waals surface area contributed by atoms with Gasteiger partial charge < -0.3 is 9.32 Å². The SMILES string of the molecule is CCCN(C(=O)Cc1coc2c(C)c(C)ccc12)[C@@H]1CCS(=O)(=O)C1. The molecule has 2 heterocycles. The van der Waals surface area contributed by atoms with Gasteiger partial charge in [-0.05, 0) is 37.8 Å². The van der Waals surface area contributed by atoms with E-state index in [2.05, 4.69) is 0 Å². The Morgan fingerprint density at radius 3 is 2.72 bits per heavy atom. The second-order valence-electron chi connectivity index (χ2n) is 6.97. The Morgan fingerprint density at radius 1 is 1.32 bits per heavy atom. The Kier molecular flexibility index (Phi) is 4.91. The highest BCUT2D eigenvalue weighted by atomic mass is 32.2. The third-order valence-corrected chi connectivity index (χ3v) is 6.87. The summed E-state index contributed by atoms with van der Waals surface area (Å²) in [7, 11) is -3.01. The van der Waals surface area contributed by atoms with Gasteiger partial charge in [0.15, 0.2) is 9.84 Å². The van der Waals surface area contributed by atoms with Crippen molar-refractivity contribution in [2.75, 3.05) is 18.1 Å². The summed E-state index contributed by atoms with van der Waals surface area (Å²) in [4.78, 5) is 14.6. The van der Waals surface area contributed by atoms with Gasteiger partial charge in [-0.3, -0.25) is 4.79 Å². The summed E-state index contributed by atoms with van der Waals surface area (Å²) in [6.45, 7) is 6.64. The molecule has 1 aliphatic heterocycles. The molecule has 1 aliphatic rings. The number of hydrogen-bond donors (Lipinski definition) is 0. The van der Waals surface area contributed by atoms with E-state index in [1.54, 1.807) is 11.2 Å². The molecule has 0 bridgehead atoms. The van der Waals surface area contributed by atoms with Crippen molar-refractivity contribution in [3.8, 4) is 0 Å². The van der Waals surface area contributed by atoms with Crippen LogP contribution >= 0.6 is 0 Å². The standard InChI is InChI=1S/C19H25NO4S/c1-4-8-20(16-7-9-25(22,23)12-16)18(21)10-15-11-24-19-14(3)13(2)5-6-17(15)19/h5-6,11,16H,4,7-10,12H2,1-3H3/t16-/m1/s1. The number of fused-ring (bicyclic) bond motifs is 1. The highest BCUT2D eigenvalue weighted by Crippen LogP contribution is 2.28. The second-order valence-corrected chi connectivity index (χ2v) is 9.19. The molecule has 1 atom stereocenters. The van der Waals surface area contributed by atoms with Crippen LogP contribution in [0.3, 0.4) is 0 Å². The third-order valence-electron chi connectivity index (χ3n) is 5.12. The first-order valence-electron chi connectivity index (χ1n) is 8.78. The van der Waals surface area contributed by atoms with Crippen molar-refractivity contribution < 1.29 is 17.6 Å². The number of carbonyl (C=O) groups is 1. The normalized spacial score (nSPS) is 19.4. The fourth-order valence-corrected chi connectivity index (χ4v) is 5.29. The van der Waals surface area contributed by atoms with E-state index in [1.807, 2.05) is 32.9 Å². The van der Waals surface area contributed by atoms with E-state index < -0.39 is 9.84 Å². The molecule has 1 aromatic carbocycles. The predicted molar refractivity (Wildman–Crippen MR) is 98.5 cm³/mol. The van der Waals surface area contributed by atoms with Crippen LogP contribution in [-0.4, -0.2) is 43.3 Å². The fourth-order valence-electron chi connectivity index (χ4n) is 3.56. The molecule has 2 aromatic rings. The average Bonchev–Trinajstić information content (AvgIpc) is 3.12. The number of furan rings is 1. The van der Waals surface area contributed by atoms with E-state index >= 15 is 0 Å². The van der Waals surface area contributed by atoms with Gasteiger partial charge in [0, 0.05) is 23.5 Å². The number of benzene rings is 1. The van der Waals surface area contributed by atoms with Crippen molar-refractivity contribution in [2.45, 2.75) is 46.1 Å². The minimum absolute atomic E-state index is 0.0233. The van der Waals surface area contributed by atoms with Crippen LogP contribution in [0, 0.1) is 13.8 Å². The van der Waals surface area contributed by atoms with Gasteiger partial charge in [0.1, 0.15) is 5.58 Å². The molecule has 0 spiro atoms. The van der Waals surface area contributed by atoms with Gasteiger partial charge in [-0.25, -0.2) is 8.42 Å². The summed E-state index contributed by atoms with van der Waals surface area (Å²) < 4.78 is 29.3. The van der Waals surface area contributed by atoms with Crippen LogP contribution in [0.4, 0.5) is 0 Å². The molecule has 136 valence electrons. The molecule has 25 heavy (non-hydrogen) atoms. The fraction of sp³-hybridized carbons (Fsp3) is 0.526. The minimum atomic E-state index is -3.01. The summed E-state index contributed by atoms with van der Waals surface area (Å²) in [6.07, 6.45) is 3.25. The first-order valence-corrected chi connectivity index (χ1v) is 10.6. The van der Waals surface area contributed by atoms with Gasteiger partial charge in [-0.15, -0.1) is 0 Å². The number of hydrogen-bond acceptors (Lipinski definition) is 4. The van der Waals surface area contributed by atoms with Gasteiger partial charge in [0.05, 0.1) is 24.2 Å². The molecule has 0 radical (unpaired) electrons. The van der Waals surface area contributed by atoms with Crippen molar-refractivity contribution in [3.63, 3.8) is 0 Å². The average molecular weight is 363 g/mol. The number of amides is 1. The Balaban J connectivity index is 1.83. The van der Waals surface area contributed by atoms with Crippen molar-refractivity contribution in [3.05, 3.63) is 35.1 Å². The Bertz CT molecular complexity index is 898. The van der Waals surface area contributed by atoms with Crippen LogP contribution in [0.15, 0.2) is 22.8 Å². The van der Waals surface area contributed by atoms with Crippen LogP contribution in [0.2, 0.25) is 0 Å². The van der Waals surface area contributed by atoms with E-state index in [9.17, 15) is 13.2 Å². The molecule has 1 fully saturated rings. The van der Waals surface area contributed by atoms with E-state index in [1.165, 1.54) is 0 Å². The zero-order valence-corrected chi connectivity index (χ0v) is 15.9. The van der Waals surface area contributed by atoms with Crippen LogP contribution in [-0.2, 0) is 21.1 Å². The molecule has 0 N–H and O–H groups in total. The number of aryl methyl sites for hydroxylation is 2. The quantitative estimate of drug-likeness (QED) is 0.819. The van der Waals surface area contributed by atoms with Crippen molar-refractivity contribution in [1.82, 2.24) is 4.90 Å². The molecule has 5 nitrogen and oxygen atoms in total. The van der Waals surface area contributed by atoms with Gasteiger partial charge in [0.25, 0.3) is 0 Å². The molecular weight excluding hydrogens is 338 g/mol. The Labute approximate surface area is 148 Å². The van der Waals surface area contributed by atoms with Crippen LogP contribution in [0.1, 0.15) is 36.5 Å². The minimum Gasteiger partial charge on any atom is -0.464 e. The lowest BCUT2D eigenvalue weighted by atomic mass is 10.0. The molecule has 6 heteroatoms. The summed E-state index contributed by atoms with van der Waals surface area (Å²) in [5, 5.41) is 0.965. The lowest BCUT2D eigenvalue weighted by Gasteiger charge is -2.28. The second kappa shape index (κ2) is 6.83. The summed E-state index contributed by atoms with van der Waals surface area (Å²) >= 11 is 0. The monoisotopic (exact) mass is 363 g/mol. The lowest BCUT2D eigenvalue weighted by Crippen LogP contribution is -2.42. The van der Waals surface area contributed by atoms with Gasteiger partial charge >= 0.3 is 0 Å². The highest BCUT2D eigenvalue weighted by molar-refractivity contribution is 7.91. The van der Waals surface area contributed by atoms with Gasteiger partial charge in [0.2, 0.25) is 5.91 Å². The molecular formula is C19H25NO4S. The first-order chi connectivity index (χ1) is 11.8. The first kappa shape index (κ1) is 18.0. The molecule has 1 saturated heterocycles. The van der Waals surface area contributed by atoms with E-state index in [0.29, 0.717) is 13.0 Å². The van der Waals surface area contributed by atoms with Crippen molar-refractivity contribution in [2.24, 2.45) is 0 Å². The molecule has 1 amide bonds. The largest absolute Gasteiger partial charge is 0.464 e. The molecule has 3 rings (SSSR count).